The van der Waals surface area contributed by atoms with Gasteiger partial charge in [-0.2, -0.15) is 0 Å². The molecule has 0 aliphatic heterocycles. The number of nitrogens with one attached hydrogen (secondary N) is 1. The molecule has 4 nitrogen and oxygen atoms in total. The first-order valence-electron chi connectivity index (χ1n) is 7.07. The molecule has 1 saturated carbocycles. The number of hydrogen-bond donors (Lipinski definition) is 2. The Kier molecular flexibility index (Phi) is 3.93. The second-order valence-electron chi connectivity index (χ2n) is 6.16. The second-order valence-corrected chi connectivity index (χ2v) is 6.16. The summed E-state index contributed by atoms with van der Waals surface area (Å²) in [7, 11) is 1.61. The smallest absolute Gasteiger partial charge is 0.329 e. The molecule has 110 valence electrons. The van der Waals surface area contributed by atoms with Crippen molar-refractivity contribution in [3.63, 3.8) is 0 Å². The molecule has 20 heavy (non-hydrogen) atoms. The fourth-order valence-electron chi connectivity index (χ4n) is 3.14. The van der Waals surface area contributed by atoms with Crippen LogP contribution in [0.4, 0.5) is 5.69 Å². The van der Waals surface area contributed by atoms with Gasteiger partial charge in [0.1, 0.15) is 11.3 Å². The van der Waals surface area contributed by atoms with E-state index in [1.165, 1.54) is 0 Å². The maximum Gasteiger partial charge on any atom is 0.329 e. The average Bonchev–Trinajstić information content (AvgIpc) is 2.41. The van der Waals surface area contributed by atoms with E-state index in [4.69, 9.17) is 4.74 Å². The van der Waals surface area contributed by atoms with Crippen molar-refractivity contribution in [2.75, 3.05) is 12.4 Å². The van der Waals surface area contributed by atoms with Crippen LogP contribution in [0.25, 0.3) is 0 Å². The zero-order valence-corrected chi connectivity index (χ0v) is 12.4. The van der Waals surface area contributed by atoms with E-state index in [0.29, 0.717) is 6.42 Å². The molecule has 2 rings (SSSR count). The maximum atomic E-state index is 12.0. The summed E-state index contributed by atoms with van der Waals surface area (Å²) >= 11 is 0. The molecule has 1 aliphatic rings. The Morgan fingerprint density at radius 3 is 2.60 bits per heavy atom. The first-order chi connectivity index (χ1) is 9.41. The van der Waals surface area contributed by atoms with Crippen molar-refractivity contribution in [3.8, 4) is 5.75 Å². The number of ether oxygens (including phenoxy) is 1. The highest BCUT2D eigenvalue weighted by Crippen LogP contribution is 2.46. The molecular formula is C16H23NO3. The predicted molar refractivity (Wildman–Crippen MR) is 79.2 cm³/mol. The molecule has 0 saturated heterocycles. The van der Waals surface area contributed by atoms with Gasteiger partial charge in [0, 0.05) is 11.8 Å². The normalized spacial score (nSPS) is 24.9. The van der Waals surface area contributed by atoms with Gasteiger partial charge in [0.2, 0.25) is 0 Å². The third-order valence-corrected chi connectivity index (χ3v) is 4.55. The highest BCUT2D eigenvalue weighted by Gasteiger charge is 2.52. The quantitative estimate of drug-likeness (QED) is 0.884. The van der Waals surface area contributed by atoms with E-state index in [0.717, 1.165) is 30.7 Å². The van der Waals surface area contributed by atoms with Crippen LogP contribution in [0.2, 0.25) is 0 Å². The molecule has 4 heteroatoms. The molecule has 0 spiro atoms. The Morgan fingerprint density at radius 1 is 1.30 bits per heavy atom. The Morgan fingerprint density at radius 2 is 2.00 bits per heavy atom. The van der Waals surface area contributed by atoms with Crippen LogP contribution >= 0.6 is 0 Å². The van der Waals surface area contributed by atoms with Gasteiger partial charge in [0.25, 0.3) is 0 Å². The van der Waals surface area contributed by atoms with Crippen LogP contribution in [0.15, 0.2) is 24.3 Å². The van der Waals surface area contributed by atoms with Crippen molar-refractivity contribution in [2.24, 2.45) is 5.41 Å². The lowest BCUT2D eigenvalue weighted by Crippen LogP contribution is -2.58. The fourth-order valence-corrected chi connectivity index (χ4v) is 3.14. The third kappa shape index (κ3) is 2.47. The van der Waals surface area contributed by atoms with Crippen molar-refractivity contribution < 1.29 is 14.6 Å². The molecule has 0 radical (unpaired) electrons. The summed E-state index contributed by atoms with van der Waals surface area (Å²) in [5.41, 5.74) is -0.417. The molecule has 2 N–H and O–H groups in total. The lowest BCUT2D eigenvalue weighted by Gasteiger charge is -2.48. The number of benzene rings is 1. The van der Waals surface area contributed by atoms with Crippen molar-refractivity contribution in [1.29, 1.82) is 0 Å². The standard InChI is InChI=1S/C16H23NO3/c1-15(2)9-4-5-10-16(15,14(18)19)17-12-7-6-8-13(11-12)20-3/h6-8,11,17H,4-5,9-10H2,1-3H3,(H,18,19). The monoisotopic (exact) mass is 277 g/mol. The number of carbonyl (C=O) groups is 1. The van der Waals surface area contributed by atoms with Gasteiger partial charge in [-0.25, -0.2) is 4.79 Å². The molecule has 1 aromatic carbocycles. The van der Waals surface area contributed by atoms with E-state index in [2.05, 4.69) is 5.32 Å². The van der Waals surface area contributed by atoms with Crippen LogP contribution in [-0.2, 0) is 4.79 Å². The topological polar surface area (TPSA) is 58.6 Å². The zero-order chi connectivity index (χ0) is 14.8. The molecule has 1 fully saturated rings. The summed E-state index contributed by atoms with van der Waals surface area (Å²) in [6, 6.07) is 7.45. The SMILES string of the molecule is COc1cccc(NC2(C(=O)O)CCCCC2(C)C)c1. The number of carboxylic acid groups (broad SMARTS) is 1. The summed E-state index contributed by atoms with van der Waals surface area (Å²) < 4.78 is 5.20. The highest BCUT2D eigenvalue weighted by molar-refractivity contribution is 5.84. The third-order valence-electron chi connectivity index (χ3n) is 4.55. The van der Waals surface area contributed by atoms with Crippen molar-refractivity contribution in [3.05, 3.63) is 24.3 Å². The van der Waals surface area contributed by atoms with Crippen LogP contribution < -0.4 is 10.1 Å². The summed E-state index contributed by atoms with van der Waals surface area (Å²) in [6.07, 6.45) is 3.58. The fraction of sp³-hybridized carbons (Fsp3) is 0.562. The highest BCUT2D eigenvalue weighted by atomic mass is 16.5. The minimum atomic E-state index is -0.919. The van der Waals surface area contributed by atoms with Crippen LogP contribution in [0.5, 0.6) is 5.75 Å². The Bertz CT molecular complexity index is 498. The van der Waals surface area contributed by atoms with Gasteiger partial charge >= 0.3 is 5.97 Å². The van der Waals surface area contributed by atoms with Gasteiger partial charge in [0.15, 0.2) is 0 Å². The molecule has 1 unspecified atom stereocenters. The molecule has 0 heterocycles. The summed E-state index contributed by atoms with van der Waals surface area (Å²) in [5.74, 6) is -0.0471. The molecule has 1 aromatic rings. The molecule has 0 bridgehead atoms. The number of methoxy groups -OCH3 is 1. The summed E-state index contributed by atoms with van der Waals surface area (Å²) in [6.45, 7) is 4.07. The van der Waals surface area contributed by atoms with Gasteiger partial charge in [-0.05, 0) is 30.4 Å². The summed E-state index contributed by atoms with van der Waals surface area (Å²) in [5, 5.41) is 13.1. The molecular weight excluding hydrogens is 254 g/mol. The number of rotatable bonds is 4. The molecule has 0 amide bonds. The first kappa shape index (κ1) is 14.7. The van der Waals surface area contributed by atoms with E-state index in [9.17, 15) is 9.90 Å². The number of aliphatic carboxylic acids is 1. The largest absolute Gasteiger partial charge is 0.497 e. The van der Waals surface area contributed by atoms with Crippen LogP contribution in [0, 0.1) is 5.41 Å². The van der Waals surface area contributed by atoms with Gasteiger partial charge in [-0.1, -0.05) is 32.8 Å². The Hall–Kier alpha value is -1.71. The van der Waals surface area contributed by atoms with E-state index >= 15 is 0 Å². The second kappa shape index (κ2) is 5.35. The van der Waals surface area contributed by atoms with E-state index in [-0.39, 0.29) is 5.41 Å². The predicted octanol–water partition coefficient (Wildman–Crippen LogP) is 3.53. The van der Waals surface area contributed by atoms with E-state index in [1.807, 2.05) is 38.1 Å². The Labute approximate surface area is 120 Å². The van der Waals surface area contributed by atoms with Crippen LogP contribution in [0.1, 0.15) is 39.5 Å². The summed E-state index contributed by atoms with van der Waals surface area (Å²) in [4.78, 5) is 12.0. The maximum absolute atomic E-state index is 12.0. The molecule has 1 aliphatic carbocycles. The van der Waals surface area contributed by atoms with E-state index in [1.54, 1.807) is 7.11 Å². The van der Waals surface area contributed by atoms with Gasteiger partial charge in [-0.15, -0.1) is 0 Å². The minimum Gasteiger partial charge on any atom is -0.497 e. The van der Waals surface area contributed by atoms with Gasteiger partial charge in [-0.3, -0.25) is 0 Å². The molecule has 0 aromatic heterocycles. The van der Waals surface area contributed by atoms with Crippen molar-refractivity contribution in [1.82, 2.24) is 0 Å². The number of carboxylic acids is 1. The van der Waals surface area contributed by atoms with Gasteiger partial charge < -0.3 is 15.2 Å². The minimum absolute atomic E-state index is 0.292. The first-order valence-corrected chi connectivity index (χ1v) is 7.07. The number of anilines is 1. The van der Waals surface area contributed by atoms with Gasteiger partial charge in [0.05, 0.1) is 7.11 Å². The Balaban J connectivity index is 2.36. The number of hydrogen-bond acceptors (Lipinski definition) is 3. The average molecular weight is 277 g/mol. The lowest BCUT2D eigenvalue weighted by molar-refractivity contribution is -0.148. The van der Waals surface area contributed by atoms with Crippen molar-refractivity contribution in [2.45, 2.75) is 45.1 Å². The lowest BCUT2D eigenvalue weighted by atomic mass is 9.63. The van der Waals surface area contributed by atoms with Crippen molar-refractivity contribution >= 4 is 11.7 Å². The van der Waals surface area contributed by atoms with Crippen LogP contribution in [0.3, 0.4) is 0 Å². The van der Waals surface area contributed by atoms with E-state index < -0.39 is 11.5 Å². The van der Waals surface area contributed by atoms with Crippen LogP contribution in [-0.4, -0.2) is 23.7 Å². The molecule has 1 atom stereocenters. The zero-order valence-electron chi connectivity index (χ0n) is 12.4.